The average molecular weight is 184 g/mol. The van der Waals surface area contributed by atoms with Crippen molar-refractivity contribution in [3.05, 3.63) is 29.3 Å². The van der Waals surface area contributed by atoms with E-state index in [0.29, 0.717) is 11.8 Å². The molecule has 0 amide bonds. The Labute approximate surface area is 98.7 Å². The zero-order chi connectivity index (χ0) is 10.0. The van der Waals surface area contributed by atoms with Gasteiger partial charge in [0.25, 0.3) is 0 Å². The summed E-state index contributed by atoms with van der Waals surface area (Å²) in [5, 5.41) is 11.6. The molecule has 2 heteroatoms. The number of hydrogen-bond donors (Lipinski definition) is 0. The Morgan fingerprint density at radius 3 is 1.93 bits per heavy atom. The Morgan fingerprint density at radius 2 is 1.57 bits per heavy atom. The van der Waals surface area contributed by atoms with Crippen molar-refractivity contribution in [2.75, 3.05) is 0 Å². The van der Waals surface area contributed by atoms with Crippen LogP contribution >= 0.6 is 0 Å². The van der Waals surface area contributed by atoms with Crippen molar-refractivity contribution in [3.63, 3.8) is 0 Å². The Morgan fingerprint density at radius 1 is 1.00 bits per heavy atom. The summed E-state index contributed by atoms with van der Waals surface area (Å²) in [6.45, 7) is 8.40. The minimum absolute atomic E-state index is 0. The van der Waals surface area contributed by atoms with Crippen molar-refractivity contribution in [1.82, 2.24) is 0 Å². The molecule has 0 aliphatic heterocycles. The molecule has 0 unspecified atom stereocenters. The Hall–Kier alpha value is -0.383. The van der Waals surface area contributed by atoms with Gasteiger partial charge in [-0.15, -0.1) is 5.75 Å². The molecule has 1 aromatic carbocycles. The molecule has 0 atom stereocenters. The van der Waals surface area contributed by atoms with Crippen LogP contribution in [0.25, 0.3) is 0 Å². The Balaban J connectivity index is 0.00000169. The van der Waals surface area contributed by atoms with Gasteiger partial charge >= 0.3 is 18.9 Å². The third kappa shape index (κ3) is 2.80. The van der Waals surface area contributed by atoms with Gasteiger partial charge in [-0.25, -0.2) is 0 Å². The zero-order valence-electron chi connectivity index (χ0n) is 9.79. The van der Waals surface area contributed by atoms with Gasteiger partial charge in [0.2, 0.25) is 0 Å². The van der Waals surface area contributed by atoms with Gasteiger partial charge in [-0.3, -0.25) is 0 Å². The van der Waals surface area contributed by atoms with E-state index in [1.54, 1.807) is 6.07 Å². The molecule has 0 aromatic heterocycles. The fourth-order valence-electron chi connectivity index (χ4n) is 1.68. The zero-order valence-corrected chi connectivity index (χ0v) is 9.79. The summed E-state index contributed by atoms with van der Waals surface area (Å²) >= 11 is 0. The first-order valence-electron chi connectivity index (χ1n) is 4.83. The van der Waals surface area contributed by atoms with Crippen molar-refractivity contribution in [2.45, 2.75) is 39.5 Å². The van der Waals surface area contributed by atoms with Crippen molar-refractivity contribution < 1.29 is 24.0 Å². The molecule has 0 N–H and O–H groups in total. The van der Waals surface area contributed by atoms with Crippen LogP contribution in [0.3, 0.4) is 0 Å². The fourth-order valence-corrected chi connectivity index (χ4v) is 1.68. The molecule has 1 rings (SSSR count). The van der Waals surface area contributed by atoms with Crippen molar-refractivity contribution in [3.8, 4) is 5.75 Å². The second-order valence-electron chi connectivity index (χ2n) is 4.07. The Bertz CT molecular complexity index is 292. The third-order valence-electron chi connectivity index (χ3n) is 2.30. The molecule has 72 valence electrons. The maximum atomic E-state index is 11.6. The molecule has 14 heavy (non-hydrogen) atoms. The number of hydrogen-bond acceptors (Lipinski definition) is 1. The van der Waals surface area contributed by atoms with Crippen molar-refractivity contribution >= 4 is 0 Å². The second-order valence-corrected chi connectivity index (χ2v) is 4.07. The summed E-state index contributed by atoms with van der Waals surface area (Å²) in [7, 11) is 0. The first-order chi connectivity index (χ1) is 6.04. The molecule has 0 aliphatic rings. The molecule has 0 spiro atoms. The SMILES string of the molecule is CC(C)c1cccc([O-])c1C(C)C.[Li+]. The second kappa shape index (κ2) is 5.49. The molecule has 0 aliphatic carbocycles. The number of rotatable bonds is 2. The predicted molar refractivity (Wildman–Crippen MR) is 54.1 cm³/mol. The molecule has 0 heterocycles. The van der Waals surface area contributed by atoms with E-state index in [1.165, 1.54) is 5.56 Å². The largest absolute Gasteiger partial charge is 1.00 e. The summed E-state index contributed by atoms with van der Waals surface area (Å²) in [5.41, 5.74) is 2.18. The van der Waals surface area contributed by atoms with Gasteiger partial charge in [0.1, 0.15) is 0 Å². The molecule has 0 radical (unpaired) electrons. The normalized spacial score (nSPS) is 10.4. The van der Waals surface area contributed by atoms with Crippen LogP contribution in [-0.2, 0) is 0 Å². The van der Waals surface area contributed by atoms with E-state index in [2.05, 4.69) is 33.8 Å². The third-order valence-corrected chi connectivity index (χ3v) is 2.30. The van der Waals surface area contributed by atoms with Crippen LogP contribution in [-0.4, -0.2) is 0 Å². The molecule has 0 saturated heterocycles. The Kier molecular flexibility index (Phi) is 5.34. The maximum absolute atomic E-state index is 11.6. The monoisotopic (exact) mass is 184 g/mol. The van der Waals surface area contributed by atoms with Gasteiger partial charge in [-0.2, -0.15) is 0 Å². The summed E-state index contributed by atoms with van der Waals surface area (Å²) in [5.74, 6) is 0.943. The van der Waals surface area contributed by atoms with E-state index in [0.717, 1.165) is 5.56 Å². The fraction of sp³-hybridized carbons (Fsp3) is 0.500. The quantitative estimate of drug-likeness (QED) is 0.594. The van der Waals surface area contributed by atoms with E-state index < -0.39 is 0 Å². The minimum Gasteiger partial charge on any atom is -0.872 e. The molecule has 0 saturated carbocycles. The summed E-state index contributed by atoms with van der Waals surface area (Å²) < 4.78 is 0. The van der Waals surface area contributed by atoms with Crippen LogP contribution < -0.4 is 24.0 Å². The predicted octanol–water partition coefficient (Wildman–Crippen LogP) is 0.0110. The van der Waals surface area contributed by atoms with Crippen molar-refractivity contribution in [1.29, 1.82) is 0 Å². The summed E-state index contributed by atoms with van der Waals surface area (Å²) in [4.78, 5) is 0. The summed E-state index contributed by atoms with van der Waals surface area (Å²) in [6.07, 6.45) is 0. The van der Waals surface area contributed by atoms with E-state index in [4.69, 9.17) is 0 Å². The van der Waals surface area contributed by atoms with E-state index >= 15 is 0 Å². The molecular weight excluding hydrogens is 167 g/mol. The topological polar surface area (TPSA) is 23.1 Å². The van der Waals surface area contributed by atoms with Crippen molar-refractivity contribution in [2.24, 2.45) is 0 Å². The molecule has 1 nitrogen and oxygen atoms in total. The van der Waals surface area contributed by atoms with Crippen LogP contribution in [0.5, 0.6) is 5.75 Å². The van der Waals surface area contributed by atoms with Crippen LogP contribution in [0.2, 0.25) is 0 Å². The van der Waals surface area contributed by atoms with E-state index in [9.17, 15) is 5.11 Å². The molecule has 0 fully saturated rings. The molecule has 1 aromatic rings. The van der Waals surface area contributed by atoms with Gasteiger partial charge in [-0.1, -0.05) is 45.9 Å². The first kappa shape index (κ1) is 13.6. The van der Waals surface area contributed by atoms with Crippen LogP contribution in [0, 0.1) is 0 Å². The average Bonchev–Trinajstić information content (AvgIpc) is 2.02. The van der Waals surface area contributed by atoms with Gasteiger partial charge in [0.15, 0.2) is 0 Å². The van der Waals surface area contributed by atoms with Gasteiger partial charge in [0.05, 0.1) is 0 Å². The first-order valence-corrected chi connectivity index (χ1v) is 4.83. The standard InChI is InChI=1S/C12H18O.Li/c1-8(2)10-6-5-7-11(13)12(10)9(3)4;/h5-9,13H,1-4H3;/q;+1/p-1. The molecule has 0 bridgehead atoms. The molecular formula is C12H17LiO. The van der Waals surface area contributed by atoms with E-state index in [1.807, 2.05) is 6.07 Å². The minimum atomic E-state index is 0. The van der Waals surface area contributed by atoms with Gasteiger partial charge in [-0.05, 0) is 23.0 Å². The van der Waals surface area contributed by atoms with Gasteiger partial charge in [0, 0.05) is 0 Å². The smallest absolute Gasteiger partial charge is 0.872 e. The summed E-state index contributed by atoms with van der Waals surface area (Å²) in [6, 6.07) is 5.56. The maximum Gasteiger partial charge on any atom is 1.00 e. The van der Waals surface area contributed by atoms with Crippen LogP contribution in [0.4, 0.5) is 0 Å². The van der Waals surface area contributed by atoms with E-state index in [-0.39, 0.29) is 24.6 Å². The van der Waals surface area contributed by atoms with Crippen LogP contribution in [0.1, 0.15) is 50.7 Å². The van der Waals surface area contributed by atoms with Gasteiger partial charge < -0.3 is 5.11 Å². The number of benzene rings is 1. The van der Waals surface area contributed by atoms with Crippen LogP contribution in [0.15, 0.2) is 18.2 Å².